The summed E-state index contributed by atoms with van der Waals surface area (Å²) in [5, 5.41) is 17.5. The van der Waals surface area contributed by atoms with Gasteiger partial charge in [0.1, 0.15) is 0 Å². The number of carbonyl (C=O) groups excluding carboxylic acids is 1. The molecule has 2 aromatic rings. The van der Waals surface area contributed by atoms with E-state index in [0.717, 1.165) is 36.8 Å². The Hall–Kier alpha value is -3.05. The second kappa shape index (κ2) is 21.8. The van der Waals surface area contributed by atoms with Crippen molar-refractivity contribution in [3.05, 3.63) is 69.8 Å². The molecule has 2 aromatic carbocycles. The number of ether oxygens (including phenoxy) is 1. The maximum Gasteiger partial charge on any atom is 0.522 e. The Morgan fingerprint density at radius 3 is 2.10 bits per heavy atom. The minimum atomic E-state index is -4.61. The number of halogens is 6. The van der Waals surface area contributed by atoms with Crippen LogP contribution in [0.15, 0.2) is 36.4 Å². The Kier molecular flexibility index (Phi) is 20.4. The van der Waals surface area contributed by atoms with Gasteiger partial charge in [0.05, 0.1) is 12.2 Å². The summed E-state index contributed by atoms with van der Waals surface area (Å²) in [6.45, 7) is 14.9. The van der Waals surface area contributed by atoms with Crippen LogP contribution in [0.4, 0.5) is 26.3 Å². The summed E-state index contributed by atoms with van der Waals surface area (Å²) in [7, 11) is 0. The second-order valence-electron chi connectivity index (χ2n) is 11.7. The number of ketones is 1. The molecule has 5 nitrogen and oxygen atoms in total. The highest BCUT2D eigenvalue weighted by Crippen LogP contribution is 2.36. The Morgan fingerprint density at radius 1 is 1.06 bits per heavy atom. The van der Waals surface area contributed by atoms with Crippen LogP contribution in [-0.2, 0) is 23.9 Å². The molecule has 1 aliphatic rings. The molecule has 0 saturated heterocycles. The standard InChI is InChI=1S/C18H24F3NO.C15H20F3NO.C2H5N.C2H6/c1-4-13-14(16(23)5-2)9-12(10-15(13)18(19,20)21)11-22-17(3)7-6-8-17;1-3-5-14(19)13(8-9-20-15(16,17)18)12-7-4-6-11(2)10-12;1-2-3;1-2/h9-10,22H,4-8,11H2,1-3H3;4,6-7,10,13,19H,3,5,8-9H2,1-2H3;2-3H,1H3;1-2H3. The average molecular weight is 688 g/mol. The van der Waals surface area contributed by atoms with E-state index in [4.69, 9.17) is 10.8 Å². The third-order valence-corrected chi connectivity index (χ3v) is 7.82. The molecule has 1 atom stereocenters. The van der Waals surface area contributed by atoms with E-state index < -0.39 is 24.7 Å². The van der Waals surface area contributed by atoms with Crippen LogP contribution < -0.4 is 5.32 Å². The minimum Gasteiger partial charge on any atom is -0.313 e. The lowest BCUT2D eigenvalue weighted by Crippen LogP contribution is -2.47. The molecule has 0 aliphatic heterocycles. The molecule has 0 bridgehead atoms. The van der Waals surface area contributed by atoms with Crippen molar-refractivity contribution in [3.63, 3.8) is 0 Å². The predicted octanol–water partition coefficient (Wildman–Crippen LogP) is 11.4. The van der Waals surface area contributed by atoms with Gasteiger partial charge >= 0.3 is 12.5 Å². The fraction of sp³-hybridized carbons (Fsp3) is 0.595. The highest BCUT2D eigenvalue weighted by Gasteiger charge is 2.36. The third kappa shape index (κ3) is 15.9. The van der Waals surface area contributed by atoms with Crippen molar-refractivity contribution < 1.29 is 35.9 Å². The first kappa shape index (κ1) is 45.0. The first-order valence-corrected chi connectivity index (χ1v) is 16.8. The molecule has 1 fully saturated rings. The molecule has 0 heterocycles. The first-order chi connectivity index (χ1) is 22.4. The van der Waals surface area contributed by atoms with E-state index >= 15 is 0 Å². The number of carbonyl (C=O) groups is 1. The van der Waals surface area contributed by atoms with Crippen LogP contribution in [0.5, 0.6) is 0 Å². The summed E-state index contributed by atoms with van der Waals surface area (Å²) in [5.41, 5.74) is 2.58. The number of hydrogen-bond acceptors (Lipinski definition) is 5. The molecule has 3 N–H and O–H groups in total. The maximum absolute atomic E-state index is 13.4. The fourth-order valence-electron chi connectivity index (χ4n) is 5.27. The zero-order valence-electron chi connectivity index (χ0n) is 29.8. The molecule has 0 aromatic heterocycles. The number of rotatable bonds is 13. The summed E-state index contributed by atoms with van der Waals surface area (Å²) >= 11 is 0. The Balaban J connectivity index is 0.000000818. The van der Waals surface area contributed by atoms with Gasteiger partial charge in [-0.15, -0.1) is 13.2 Å². The van der Waals surface area contributed by atoms with Gasteiger partial charge in [0, 0.05) is 35.7 Å². The lowest BCUT2D eigenvalue weighted by atomic mass is 9.78. The topological polar surface area (TPSA) is 86.0 Å². The minimum absolute atomic E-state index is 0.0107. The molecule has 3 rings (SSSR count). The Bertz CT molecular complexity index is 1270. The van der Waals surface area contributed by atoms with Gasteiger partial charge in [-0.1, -0.05) is 70.9 Å². The van der Waals surface area contributed by atoms with Crippen LogP contribution >= 0.6 is 0 Å². The Morgan fingerprint density at radius 2 is 1.67 bits per heavy atom. The van der Waals surface area contributed by atoms with Crippen LogP contribution in [0.1, 0.15) is 138 Å². The summed E-state index contributed by atoms with van der Waals surface area (Å²) in [6.07, 6.45) is -2.62. The molecular formula is C37H55F6N3O2. The van der Waals surface area contributed by atoms with Gasteiger partial charge in [0.2, 0.25) is 0 Å². The van der Waals surface area contributed by atoms with Gasteiger partial charge in [-0.25, -0.2) is 0 Å². The van der Waals surface area contributed by atoms with Gasteiger partial charge < -0.3 is 16.1 Å². The fourth-order valence-corrected chi connectivity index (χ4v) is 5.27. The van der Waals surface area contributed by atoms with E-state index in [9.17, 15) is 31.1 Å². The number of benzene rings is 2. The van der Waals surface area contributed by atoms with Crippen LogP contribution in [-0.4, -0.2) is 36.2 Å². The van der Waals surface area contributed by atoms with Crippen molar-refractivity contribution in [2.45, 2.75) is 137 Å². The van der Waals surface area contributed by atoms with Crippen LogP contribution in [0.25, 0.3) is 0 Å². The molecule has 0 spiro atoms. The quantitative estimate of drug-likeness (QED) is 0.111. The zero-order valence-corrected chi connectivity index (χ0v) is 29.8. The molecule has 1 saturated carbocycles. The van der Waals surface area contributed by atoms with Gasteiger partial charge in [-0.2, -0.15) is 13.2 Å². The number of alkyl halides is 6. The van der Waals surface area contributed by atoms with Crippen molar-refractivity contribution in [3.8, 4) is 0 Å². The van der Waals surface area contributed by atoms with E-state index in [2.05, 4.69) is 17.0 Å². The van der Waals surface area contributed by atoms with E-state index in [1.807, 2.05) is 52.0 Å². The zero-order chi connectivity index (χ0) is 37.1. The van der Waals surface area contributed by atoms with E-state index in [1.54, 1.807) is 26.8 Å². The van der Waals surface area contributed by atoms with Crippen LogP contribution in [0.2, 0.25) is 0 Å². The molecule has 1 unspecified atom stereocenters. The van der Waals surface area contributed by atoms with E-state index in [1.165, 1.54) is 12.3 Å². The SMILES string of the molecule is CC.CC=N.CCC(=O)c1cc(CNC2(C)CCC2)cc(C(F)(F)F)c1CC.CCCC(=N)C(CCOC(F)(F)F)c1cccc(C)c1. The summed E-state index contributed by atoms with van der Waals surface area (Å²) in [4.78, 5) is 12.1. The lowest BCUT2D eigenvalue weighted by molar-refractivity contribution is -0.324. The number of aryl methyl sites for hydroxylation is 1. The molecule has 11 heteroatoms. The lowest BCUT2D eigenvalue weighted by Gasteiger charge is -2.39. The maximum atomic E-state index is 13.4. The van der Waals surface area contributed by atoms with Gasteiger partial charge in [-0.3, -0.25) is 9.53 Å². The molecule has 272 valence electrons. The molecular weight excluding hydrogens is 632 g/mol. The van der Waals surface area contributed by atoms with Crippen LogP contribution in [0.3, 0.4) is 0 Å². The van der Waals surface area contributed by atoms with Crippen molar-refractivity contribution in [1.29, 1.82) is 10.8 Å². The molecule has 1 aliphatic carbocycles. The number of hydrogen-bond donors (Lipinski definition) is 3. The number of nitrogens with one attached hydrogen (secondary N) is 3. The Labute approximate surface area is 283 Å². The largest absolute Gasteiger partial charge is 0.522 e. The first-order valence-electron chi connectivity index (χ1n) is 16.8. The third-order valence-electron chi connectivity index (χ3n) is 7.82. The van der Waals surface area contributed by atoms with E-state index in [-0.39, 0.29) is 47.6 Å². The summed E-state index contributed by atoms with van der Waals surface area (Å²) in [5.74, 6) is -0.541. The van der Waals surface area contributed by atoms with Crippen molar-refractivity contribution in [2.24, 2.45) is 0 Å². The van der Waals surface area contributed by atoms with Crippen molar-refractivity contribution in [1.82, 2.24) is 5.32 Å². The number of Topliss-reactive ketones (excluding diaryl/α,β-unsaturated/α-hetero) is 1. The van der Waals surface area contributed by atoms with Crippen molar-refractivity contribution in [2.75, 3.05) is 6.61 Å². The van der Waals surface area contributed by atoms with Crippen molar-refractivity contribution >= 4 is 17.7 Å². The van der Waals surface area contributed by atoms with Gasteiger partial charge in [0.25, 0.3) is 0 Å². The highest BCUT2D eigenvalue weighted by molar-refractivity contribution is 5.98. The molecule has 0 radical (unpaired) electrons. The summed E-state index contributed by atoms with van der Waals surface area (Å²) in [6, 6.07) is 10.4. The van der Waals surface area contributed by atoms with Gasteiger partial charge in [0.15, 0.2) is 5.78 Å². The van der Waals surface area contributed by atoms with Gasteiger partial charge in [-0.05, 0) is 94.3 Å². The summed E-state index contributed by atoms with van der Waals surface area (Å²) < 4.78 is 80.1. The van der Waals surface area contributed by atoms with E-state index in [0.29, 0.717) is 24.2 Å². The highest BCUT2D eigenvalue weighted by atomic mass is 19.4. The smallest absolute Gasteiger partial charge is 0.313 e. The van der Waals surface area contributed by atoms with Crippen LogP contribution in [0, 0.1) is 17.7 Å². The monoisotopic (exact) mass is 687 g/mol. The normalized spacial score (nSPS) is 14.0. The second-order valence-corrected chi connectivity index (χ2v) is 11.7. The molecule has 48 heavy (non-hydrogen) atoms. The average Bonchev–Trinajstić information content (AvgIpc) is 3.01. The molecule has 0 amide bonds. The predicted molar refractivity (Wildman–Crippen MR) is 184 cm³/mol.